The number of rotatable bonds is 4. The molecule has 0 spiro atoms. The highest BCUT2D eigenvalue weighted by molar-refractivity contribution is 9.11. The van der Waals surface area contributed by atoms with Crippen LogP contribution in [0, 0.1) is 12.8 Å². The molecule has 14 heavy (non-hydrogen) atoms. The van der Waals surface area contributed by atoms with Crippen LogP contribution in [-0.2, 0) is 6.54 Å². The molecule has 0 bridgehead atoms. The molecule has 1 saturated carbocycles. The van der Waals surface area contributed by atoms with Gasteiger partial charge in [0.2, 0.25) is 0 Å². The van der Waals surface area contributed by atoms with Gasteiger partial charge in [0.1, 0.15) is 0 Å². The molecular formula is C11H16BrNS. The molecule has 0 aromatic carbocycles. The maximum atomic E-state index is 3.55. The summed E-state index contributed by atoms with van der Waals surface area (Å²) in [6.45, 7) is 4.39. The predicted molar refractivity (Wildman–Crippen MR) is 65.8 cm³/mol. The molecule has 0 aliphatic heterocycles. The van der Waals surface area contributed by atoms with Crippen molar-refractivity contribution in [3.05, 3.63) is 20.3 Å². The van der Waals surface area contributed by atoms with Crippen LogP contribution in [0.4, 0.5) is 0 Å². The molecule has 1 aromatic rings. The SMILES string of the molecule is Cc1cc(CNCC2CCC2)sc1Br. The minimum Gasteiger partial charge on any atom is -0.312 e. The van der Waals surface area contributed by atoms with Crippen LogP contribution >= 0.6 is 27.3 Å². The quantitative estimate of drug-likeness (QED) is 0.882. The van der Waals surface area contributed by atoms with Gasteiger partial charge in [0.25, 0.3) is 0 Å². The van der Waals surface area contributed by atoms with Crippen molar-refractivity contribution in [1.29, 1.82) is 0 Å². The normalized spacial score (nSPS) is 17.0. The first-order valence-corrected chi connectivity index (χ1v) is 6.82. The third kappa shape index (κ3) is 2.59. The molecule has 2 rings (SSSR count). The molecule has 0 saturated heterocycles. The molecule has 0 atom stereocenters. The second-order valence-electron chi connectivity index (χ2n) is 4.10. The van der Waals surface area contributed by atoms with Crippen LogP contribution in [0.25, 0.3) is 0 Å². The lowest BCUT2D eigenvalue weighted by Gasteiger charge is -2.25. The third-order valence-corrected chi connectivity index (χ3v) is 5.00. The lowest BCUT2D eigenvalue weighted by molar-refractivity contribution is 0.301. The van der Waals surface area contributed by atoms with Gasteiger partial charge in [-0.1, -0.05) is 6.42 Å². The van der Waals surface area contributed by atoms with Crippen molar-refractivity contribution in [3.63, 3.8) is 0 Å². The van der Waals surface area contributed by atoms with Gasteiger partial charge in [0, 0.05) is 11.4 Å². The summed E-state index contributed by atoms with van der Waals surface area (Å²) in [7, 11) is 0. The summed E-state index contributed by atoms with van der Waals surface area (Å²) in [5, 5.41) is 3.53. The monoisotopic (exact) mass is 273 g/mol. The fourth-order valence-corrected chi connectivity index (χ4v) is 3.31. The van der Waals surface area contributed by atoms with Crippen LogP contribution < -0.4 is 5.32 Å². The van der Waals surface area contributed by atoms with Gasteiger partial charge >= 0.3 is 0 Å². The predicted octanol–water partition coefficient (Wildman–Crippen LogP) is 3.71. The van der Waals surface area contributed by atoms with Crippen molar-refractivity contribution in [1.82, 2.24) is 5.32 Å². The number of nitrogens with one attached hydrogen (secondary N) is 1. The van der Waals surface area contributed by atoms with Crippen molar-refractivity contribution in [2.75, 3.05) is 6.54 Å². The number of hydrogen-bond acceptors (Lipinski definition) is 2. The standard InChI is InChI=1S/C11H16BrNS/c1-8-5-10(14-11(8)12)7-13-6-9-3-2-4-9/h5,9,13H,2-4,6-7H2,1H3. The van der Waals surface area contributed by atoms with E-state index in [1.807, 2.05) is 11.3 Å². The van der Waals surface area contributed by atoms with Crippen molar-refractivity contribution in [2.45, 2.75) is 32.7 Å². The van der Waals surface area contributed by atoms with Crippen LogP contribution in [-0.4, -0.2) is 6.54 Å². The number of hydrogen-bond donors (Lipinski definition) is 1. The van der Waals surface area contributed by atoms with Crippen molar-refractivity contribution in [3.8, 4) is 0 Å². The second kappa shape index (κ2) is 4.77. The van der Waals surface area contributed by atoms with Gasteiger partial charge in [-0.3, -0.25) is 0 Å². The Morgan fingerprint density at radius 1 is 1.57 bits per heavy atom. The minimum atomic E-state index is 0.958. The van der Waals surface area contributed by atoms with E-state index in [2.05, 4.69) is 34.2 Å². The molecule has 1 heterocycles. The fraction of sp³-hybridized carbons (Fsp3) is 0.636. The summed E-state index contributed by atoms with van der Waals surface area (Å²) >= 11 is 5.40. The zero-order chi connectivity index (χ0) is 9.97. The molecule has 1 fully saturated rings. The Balaban J connectivity index is 1.74. The summed E-state index contributed by atoms with van der Waals surface area (Å²) in [5.74, 6) is 0.958. The highest BCUT2D eigenvalue weighted by Gasteiger charge is 2.16. The smallest absolute Gasteiger partial charge is 0.0730 e. The number of thiophene rings is 1. The molecule has 0 amide bonds. The zero-order valence-corrected chi connectivity index (χ0v) is 10.9. The van der Waals surface area contributed by atoms with E-state index >= 15 is 0 Å². The van der Waals surface area contributed by atoms with E-state index < -0.39 is 0 Å². The van der Waals surface area contributed by atoms with Crippen LogP contribution in [0.1, 0.15) is 29.7 Å². The van der Waals surface area contributed by atoms with Gasteiger partial charge in [-0.2, -0.15) is 0 Å². The van der Waals surface area contributed by atoms with E-state index in [-0.39, 0.29) is 0 Å². The molecule has 0 unspecified atom stereocenters. The van der Waals surface area contributed by atoms with E-state index in [0.29, 0.717) is 0 Å². The van der Waals surface area contributed by atoms with Gasteiger partial charge in [0.15, 0.2) is 0 Å². The molecule has 1 N–H and O–H groups in total. The minimum absolute atomic E-state index is 0.958. The van der Waals surface area contributed by atoms with Gasteiger partial charge < -0.3 is 5.32 Å². The Bertz CT molecular complexity index is 285. The molecule has 1 nitrogen and oxygen atoms in total. The first kappa shape index (κ1) is 10.7. The van der Waals surface area contributed by atoms with E-state index in [4.69, 9.17) is 0 Å². The number of halogens is 1. The molecule has 3 heteroatoms. The molecule has 0 radical (unpaired) electrons. The Kier molecular flexibility index (Phi) is 3.63. The van der Waals surface area contributed by atoms with E-state index in [9.17, 15) is 0 Å². The molecule has 1 aliphatic rings. The second-order valence-corrected chi connectivity index (χ2v) is 6.55. The van der Waals surface area contributed by atoms with Crippen LogP contribution in [0.2, 0.25) is 0 Å². The first-order valence-electron chi connectivity index (χ1n) is 5.21. The average Bonchev–Trinajstić information content (AvgIpc) is 2.37. The van der Waals surface area contributed by atoms with Gasteiger partial charge in [-0.05, 0) is 59.8 Å². The van der Waals surface area contributed by atoms with E-state index in [1.54, 1.807) is 0 Å². The molecule has 1 aliphatic carbocycles. The largest absolute Gasteiger partial charge is 0.312 e. The summed E-state index contributed by atoms with van der Waals surface area (Å²) in [6.07, 6.45) is 4.30. The topological polar surface area (TPSA) is 12.0 Å². The van der Waals surface area contributed by atoms with Crippen molar-refractivity contribution < 1.29 is 0 Å². The van der Waals surface area contributed by atoms with Crippen LogP contribution in [0.3, 0.4) is 0 Å². The molecular weight excluding hydrogens is 258 g/mol. The Morgan fingerprint density at radius 3 is 2.86 bits per heavy atom. The van der Waals surface area contributed by atoms with Crippen molar-refractivity contribution >= 4 is 27.3 Å². The van der Waals surface area contributed by atoms with Crippen LogP contribution in [0.5, 0.6) is 0 Å². The Hall–Kier alpha value is 0.140. The maximum absolute atomic E-state index is 3.55. The first-order chi connectivity index (χ1) is 6.75. The fourth-order valence-electron chi connectivity index (χ4n) is 1.71. The van der Waals surface area contributed by atoms with Gasteiger partial charge in [-0.15, -0.1) is 11.3 Å². The zero-order valence-electron chi connectivity index (χ0n) is 8.48. The van der Waals surface area contributed by atoms with E-state index in [0.717, 1.165) is 12.5 Å². The summed E-state index contributed by atoms with van der Waals surface area (Å²) in [5.41, 5.74) is 1.36. The molecule has 78 valence electrons. The Labute approximate surface area is 98.0 Å². The lowest BCUT2D eigenvalue weighted by atomic mass is 9.85. The number of aryl methyl sites for hydroxylation is 1. The summed E-state index contributed by atoms with van der Waals surface area (Å²) in [4.78, 5) is 1.44. The third-order valence-electron chi connectivity index (χ3n) is 2.87. The summed E-state index contributed by atoms with van der Waals surface area (Å²) in [6, 6.07) is 2.27. The van der Waals surface area contributed by atoms with Gasteiger partial charge in [-0.25, -0.2) is 0 Å². The van der Waals surface area contributed by atoms with Gasteiger partial charge in [0.05, 0.1) is 3.79 Å². The lowest BCUT2D eigenvalue weighted by Crippen LogP contribution is -2.26. The molecule has 1 aromatic heterocycles. The highest BCUT2D eigenvalue weighted by Crippen LogP contribution is 2.28. The Morgan fingerprint density at radius 2 is 2.36 bits per heavy atom. The average molecular weight is 274 g/mol. The van der Waals surface area contributed by atoms with Crippen LogP contribution in [0.15, 0.2) is 9.85 Å². The highest BCUT2D eigenvalue weighted by atomic mass is 79.9. The maximum Gasteiger partial charge on any atom is 0.0730 e. The summed E-state index contributed by atoms with van der Waals surface area (Å²) < 4.78 is 1.28. The van der Waals surface area contributed by atoms with Crippen molar-refractivity contribution in [2.24, 2.45) is 5.92 Å². The van der Waals surface area contributed by atoms with E-state index in [1.165, 1.54) is 40.0 Å².